The smallest absolute Gasteiger partial charge is 0.253 e. The molecule has 0 saturated heterocycles. The topological polar surface area (TPSA) is 93.1 Å². The molecule has 3 aromatic rings. The van der Waals surface area contributed by atoms with Crippen molar-refractivity contribution in [1.29, 1.82) is 0 Å². The van der Waals surface area contributed by atoms with Crippen molar-refractivity contribution in [3.63, 3.8) is 0 Å². The third-order valence-electron chi connectivity index (χ3n) is 4.86. The fourth-order valence-electron chi connectivity index (χ4n) is 3.33. The highest BCUT2D eigenvalue weighted by atomic mass is 35.5. The molecule has 0 spiro atoms. The second kappa shape index (κ2) is 9.11. The molecule has 0 fully saturated rings. The largest absolute Gasteiger partial charge is 0.378 e. The first-order valence-electron chi connectivity index (χ1n) is 9.71. The Hall–Kier alpha value is -2.84. The van der Waals surface area contributed by atoms with Crippen molar-refractivity contribution in [3.05, 3.63) is 70.2 Å². The molecule has 2 aromatic carbocycles. The number of amides is 1. The summed E-state index contributed by atoms with van der Waals surface area (Å²) in [6.45, 7) is 3.72. The number of sulfone groups is 1. The highest BCUT2D eigenvalue weighted by molar-refractivity contribution is 7.93. The molecule has 0 radical (unpaired) electrons. The first-order chi connectivity index (χ1) is 14.6. The number of hydrogen-bond donors (Lipinski definition) is 2. The minimum atomic E-state index is -3.26. The Morgan fingerprint density at radius 1 is 1.19 bits per heavy atom. The van der Waals surface area contributed by atoms with E-state index < -0.39 is 15.9 Å². The van der Waals surface area contributed by atoms with Gasteiger partial charge in [0.25, 0.3) is 5.91 Å². The first kappa shape index (κ1) is 22.8. The van der Waals surface area contributed by atoms with Crippen molar-refractivity contribution < 1.29 is 13.2 Å². The van der Waals surface area contributed by atoms with Crippen LogP contribution in [0.3, 0.4) is 0 Å². The summed E-state index contributed by atoms with van der Waals surface area (Å²) < 4.78 is 24.2. The summed E-state index contributed by atoms with van der Waals surface area (Å²) in [6.07, 6.45) is 4.25. The number of halogens is 1. The molecule has 0 saturated carbocycles. The highest BCUT2D eigenvalue weighted by Gasteiger charge is 2.19. The monoisotopic (exact) mass is 460 g/mol. The molecule has 7 nitrogen and oxygen atoms in total. The third-order valence-corrected chi connectivity index (χ3v) is 5.86. The molecule has 1 amide bonds. The van der Waals surface area contributed by atoms with Gasteiger partial charge in [-0.15, -0.1) is 0 Å². The van der Waals surface area contributed by atoms with Crippen LogP contribution in [-0.4, -0.2) is 36.4 Å². The summed E-state index contributed by atoms with van der Waals surface area (Å²) in [6, 6.07) is 10.7. The number of nitrogens with zero attached hydrogens (tertiary/aromatic N) is 2. The number of rotatable bonds is 7. The van der Waals surface area contributed by atoms with Crippen LogP contribution in [0.1, 0.15) is 35.8 Å². The van der Waals surface area contributed by atoms with Gasteiger partial charge in [-0.25, -0.2) is 8.42 Å². The van der Waals surface area contributed by atoms with Crippen LogP contribution in [0.4, 0.5) is 5.69 Å². The lowest BCUT2D eigenvalue weighted by molar-refractivity contribution is 0.0948. The quantitative estimate of drug-likeness (QED) is 0.554. The summed E-state index contributed by atoms with van der Waals surface area (Å²) in [5.74, 6) is -0.315. The maximum atomic E-state index is 12.9. The zero-order valence-corrected chi connectivity index (χ0v) is 19.3. The van der Waals surface area contributed by atoms with E-state index in [0.29, 0.717) is 16.1 Å². The van der Waals surface area contributed by atoms with Crippen LogP contribution in [-0.2, 0) is 16.9 Å². The summed E-state index contributed by atoms with van der Waals surface area (Å²) in [5.41, 5.74) is 2.92. The van der Waals surface area contributed by atoms with Crippen molar-refractivity contribution in [2.75, 3.05) is 11.6 Å². The van der Waals surface area contributed by atoms with E-state index in [9.17, 15) is 13.2 Å². The maximum absolute atomic E-state index is 12.9. The molecule has 1 unspecified atom stereocenters. The van der Waals surface area contributed by atoms with Crippen LogP contribution >= 0.6 is 11.6 Å². The molecule has 0 aliphatic heterocycles. The second-order valence-electron chi connectivity index (χ2n) is 7.50. The Morgan fingerprint density at radius 2 is 1.90 bits per heavy atom. The minimum absolute atomic E-state index is 0.0575. The summed E-state index contributed by atoms with van der Waals surface area (Å²) in [7, 11) is -1.49. The van der Waals surface area contributed by atoms with E-state index in [1.807, 2.05) is 37.3 Å². The fourth-order valence-corrected chi connectivity index (χ4v) is 4.15. The van der Waals surface area contributed by atoms with Gasteiger partial charge in [-0.1, -0.05) is 35.9 Å². The number of aromatic nitrogens is 2. The van der Waals surface area contributed by atoms with Gasteiger partial charge in [0.15, 0.2) is 9.84 Å². The number of carbonyl (C=O) groups excluding carboxylic acids is 1. The normalized spacial score (nSPS) is 14.0. The van der Waals surface area contributed by atoms with Gasteiger partial charge in [0, 0.05) is 40.8 Å². The lowest BCUT2D eigenvalue weighted by Crippen LogP contribution is -2.31. The molecule has 3 rings (SSSR count). The molecular weight excluding hydrogens is 436 g/mol. The minimum Gasteiger partial charge on any atom is -0.378 e. The zero-order chi connectivity index (χ0) is 22.8. The van der Waals surface area contributed by atoms with Crippen LogP contribution < -0.4 is 10.6 Å². The number of aryl methyl sites for hydroxylation is 1. The van der Waals surface area contributed by atoms with Crippen molar-refractivity contribution in [2.45, 2.75) is 25.9 Å². The zero-order valence-electron chi connectivity index (χ0n) is 17.8. The summed E-state index contributed by atoms with van der Waals surface area (Å²) in [4.78, 5) is 12.9. The van der Waals surface area contributed by atoms with E-state index in [1.165, 1.54) is 6.08 Å². The van der Waals surface area contributed by atoms with Gasteiger partial charge >= 0.3 is 0 Å². The highest BCUT2D eigenvalue weighted by Crippen LogP contribution is 2.31. The number of fused-ring (bicyclic) bond motifs is 1. The van der Waals surface area contributed by atoms with Gasteiger partial charge in [0.2, 0.25) is 0 Å². The Balaban J connectivity index is 1.89. The van der Waals surface area contributed by atoms with Crippen LogP contribution in [0, 0.1) is 0 Å². The van der Waals surface area contributed by atoms with Gasteiger partial charge in [0.05, 0.1) is 23.3 Å². The molecule has 2 N–H and O–H groups in total. The number of anilines is 1. The molecule has 0 bridgehead atoms. The van der Waals surface area contributed by atoms with Gasteiger partial charge < -0.3 is 10.6 Å². The van der Waals surface area contributed by atoms with Gasteiger partial charge in [-0.3, -0.25) is 9.48 Å². The molecule has 31 heavy (non-hydrogen) atoms. The second-order valence-corrected chi connectivity index (χ2v) is 9.84. The van der Waals surface area contributed by atoms with E-state index in [4.69, 9.17) is 11.6 Å². The Bertz CT molecular complexity index is 1250. The van der Waals surface area contributed by atoms with E-state index in [-0.39, 0.29) is 11.9 Å². The van der Waals surface area contributed by atoms with Gasteiger partial charge in [-0.2, -0.15) is 5.10 Å². The van der Waals surface area contributed by atoms with Gasteiger partial charge in [-0.05, 0) is 37.6 Å². The van der Waals surface area contributed by atoms with E-state index in [0.717, 1.165) is 28.3 Å². The Labute approximate surface area is 187 Å². The average Bonchev–Trinajstić information content (AvgIpc) is 3.08. The average molecular weight is 461 g/mol. The van der Waals surface area contributed by atoms with E-state index >= 15 is 0 Å². The van der Waals surface area contributed by atoms with E-state index in [1.54, 1.807) is 30.9 Å². The predicted octanol–water partition coefficient (Wildman–Crippen LogP) is 4.08. The van der Waals surface area contributed by atoms with Crippen molar-refractivity contribution in [1.82, 2.24) is 15.1 Å². The fraction of sp³-hybridized carbons (Fsp3) is 0.273. The van der Waals surface area contributed by atoms with Crippen LogP contribution in [0.25, 0.3) is 10.9 Å². The van der Waals surface area contributed by atoms with Crippen molar-refractivity contribution in [2.24, 2.45) is 7.05 Å². The molecule has 1 aromatic heterocycles. The number of benzene rings is 2. The van der Waals surface area contributed by atoms with Crippen molar-refractivity contribution in [3.8, 4) is 0 Å². The lowest BCUT2D eigenvalue weighted by Gasteiger charge is -2.18. The Kier molecular flexibility index (Phi) is 6.71. The molecule has 2 atom stereocenters. The maximum Gasteiger partial charge on any atom is 0.253 e. The summed E-state index contributed by atoms with van der Waals surface area (Å²) >= 11 is 6.32. The molecule has 9 heteroatoms. The van der Waals surface area contributed by atoms with Gasteiger partial charge in [0.1, 0.15) is 0 Å². The molecule has 0 aliphatic rings. The number of carbonyl (C=O) groups is 1. The molecule has 164 valence electrons. The van der Waals surface area contributed by atoms with Crippen LogP contribution in [0.15, 0.2) is 54.1 Å². The summed E-state index contributed by atoms with van der Waals surface area (Å²) in [5, 5.41) is 13.1. The number of hydrogen-bond acceptors (Lipinski definition) is 5. The molecular formula is C22H25ClN4O3S. The number of nitrogens with one attached hydrogen (secondary N) is 2. The molecule has 1 heterocycles. The van der Waals surface area contributed by atoms with Crippen molar-refractivity contribution >= 4 is 43.9 Å². The van der Waals surface area contributed by atoms with E-state index in [2.05, 4.69) is 15.7 Å². The lowest BCUT2D eigenvalue weighted by atomic mass is 10.1. The SMILES string of the molecule is CC(Nc1ccc(C(=O)N[C@H](C)/C=C/S(C)(=O)=O)c2c1cnn2C)c1ccccc1Cl. The predicted molar refractivity (Wildman–Crippen MR) is 125 cm³/mol. The van der Waals surface area contributed by atoms with Crippen LogP contribution in [0.5, 0.6) is 0 Å². The van der Waals surface area contributed by atoms with Crippen LogP contribution in [0.2, 0.25) is 5.02 Å². The first-order valence-corrected chi connectivity index (χ1v) is 12.0. The standard InChI is InChI=1S/C22H25ClN4O3S/c1-14(11-12-31(4,29)30)25-22(28)17-9-10-20(18-13-24-27(3)21(17)18)26-15(2)16-7-5-6-8-19(16)23/h5-15,26H,1-4H3,(H,25,28)/b12-11+/t14-,15?/m1/s1. The molecule has 0 aliphatic carbocycles. The third kappa shape index (κ3) is 5.45. The Morgan fingerprint density at radius 3 is 2.58 bits per heavy atom.